The summed E-state index contributed by atoms with van der Waals surface area (Å²) < 4.78 is 0. The van der Waals surface area contributed by atoms with Crippen LogP contribution < -0.4 is 4.90 Å². The summed E-state index contributed by atoms with van der Waals surface area (Å²) >= 11 is 0. The summed E-state index contributed by atoms with van der Waals surface area (Å²) in [5, 5.41) is 8.92. The van der Waals surface area contributed by atoms with Gasteiger partial charge in [-0.3, -0.25) is 4.79 Å². The SMILES string of the molecule is C=C(C)/C=C(\CC)C(=O)N1CCc2cc(C#N)ccc21. The van der Waals surface area contributed by atoms with Crippen LogP contribution in [0.2, 0.25) is 0 Å². The molecule has 1 aliphatic heterocycles. The van der Waals surface area contributed by atoms with Gasteiger partial charge in [-0.15, -0.1) is 0 Å². The maximum Gasteiger partial charge on any atom is 0.254 e. The molecule has 1 amide bonds. The number of carbonyl (C=O) groups is 1. The molecule has 3 heteroatoms. The molecule has 1 aromatic carbocycles. The molecule has 0 unspecified atom stereocenters. The first-order valence-electron chi connectivity index (χ1n) is 6.77. The minimum absolute atomic E-state index is 0.0407. The van der Waals surface area contributed by atoms with E-state index >= 15 is 0 Å². The molecule has 0 saturated heterocycles. The Morgan fingerprint density at radius 2 is 2.30 bits per heavy atom. The van der Waals surface area contributed by atoms with Crippen LogP contribution in [-0.2, 0) is 11.2 Å². The second-order valence-electron chi connectivity index (χ2n) is 5.03. The molecule has 0 radical (unpaired) electrons. The molecular weight excluding hydrogens is 248 g/mol. The lowest BCUT2D eigenvalue weighted by atomic mass is 10.1. The molecule has 20 heavy (non-hydrogen) atoms. The molecule has 0 atom stereocenters. The molecule has 1 aromatic rings. The number of amides is 1. The van der Waals surface area contributed by atoms with E-state index in [2.05, 4.69) is 12.6 Å². The molecule has 0 spiro atoms. The first kappa shape index (κ1) is 14.1. The highest BCUT2D eigenvalue weighted by atomic mass is 16.2. The van der Waals surface area contributed by atoms with E-state index in [0.29, 0.717) is 18.5 Å². The molecule has 0 aromatic heterocycles. The zero-order valence-corrected chi connectivity index (χ0v) is 11.9. The number of hydrogen-bond acceptors (Lipinski definition) is 2. The lowest BCUT2D eigenvalue weighted by molar-refractivity contribution is -0.115. The zero-order valence-electron chi connectivity index (χ0n) is 11.9. The predicted octanol–water partition coefficient (Wildman–Crippen LogP) is 3.36. The van der Waals surface area contributed by atoms with Gasteiger partial charge in [-0.1, -0.05) is 25.2 Å². The lowest BCUT2D eigenvalue weighted by Crippen LogP contribution is -2.30. The highest BCUT2D eigenvalue weighted by Crippen LogP contribution is 2.30. The van der Waals surface area contributed by atoms with Crippen LogP contribution in [0.25, 0.3) is 0 Å². The molecule has 1 heterocycles. The van der Waals surface area contributed by atoms with E-state index in [0.717, 1.165) is 28.8 Å². The van der Waals surface area contributed by atoms with Gasteiger partial charge < -0.3 is 4.90 Å². The second kappa shape index (κ2) is 5.75. The summed E-state index contributed by atoms with van der Waals surface area (Å²) in [4.78, 5) is 14.4. The fraction of sp³-hybridized carbons (Fsp3) is 0.294. The van der Waals surface area contributed by atoms with Crippen LogP contribution in [0.15, 0.2) is 42.0 Å². The average molecular weight is 266 g/mol. The van der Waals surface area contributed by atoms with Crippen LogP contribution in [0.5, 0.6) is 0 Å². The monoisotopic (exact) mass is 266 g/mol. The van der Waals surface area contributed by atoms with E-state index in [1.54, 1.807) is 11.0 Å². The highest BCUT2D eigenvalue weighted by molar-refractivity contribution is 6.07. The van der Waals surface area contributed by atoms with Crippen molar-refractivity contribution in [2.24, 2.45) is 0 Å². The molecule has 3 nitrogen and oxygen atoms in total. The van der Waals surface area contributed by atoms with Crippen molar-refractivity contribution in [2.75, 3.05) is 11.4 Å². The maximum atomic E-state index is 12.6. The number of anilines is 1. The van der Waals surface area contributed by atoms with Gasteiger partial charge in [-0.05, 0) is 43.5 Å². The van der Waals surface area contributed by atoms with Crippen LogP contribution in [-0.4, -0.2) is 12.5 Å². The Bertz CT molecular complexity index is 635. The molecule has 0 aliphatic carbocycles. The number of carbonyl (C=O) groups excluding carboxylic acids is 1. The van der Waals surface area contributed by atoms with Gasteiger partial charge in [-0.2, -0.15) is 5.26 Å². The van der Waals surface area contributed by atoms with Crippen LogP contribution in [0.4, 0.5) is 5.69 Å². The molecule has 102 valence electrons. The predicted molar refractivity (Wildman–Crippen MR) is 80.4 cm³/mol. The van der Waals surface area contributed by atoms with Crippen molar-refractivity contribution in [2.45, 2.75) is 26.7 Å². The van der Waals surface area contributed by atoms with Gasteiger partial charge in [0.15, 0.2) is 0 Å². The number of benzene rings is 1. The first-order valence-corrected chi connectivity index (χ1v) is 6.77. The number of allylic oxidation sites excluding steroid dienone is 2. The zero-order chi connectivity index (χ0) is 14.7. The van der Waals surface area contributed by atoms with Crippen molar-refractivity contribution in [3.63, 3.8) is 0 Å². The van der Waals surface area contributed by atoms with Gasteiger partial charge >= 0.3 is 0 Å². The van der Waals surface area contributed by atoms with Gasteiger partial charge in [0.25, 0.3) is 5.91 Å². The van der Waals surface area contributed by atoms with Gasteiger partial charge in [0.2, 0.25) is 0 Å². The summed E-state index contributed by atoms with van der Waals surface area (Å²) in [7, 11) is 0. The fourth-order valence-electron chi connectivity index (χ4n) is 2.47. The Balaban J connectivity index is 2.32. The normalized spacial score (nSPS) is 13.8. The average Bonchev–Trinajstić information content (AvgIpc) is 2.86. The smallest absolute Gasteiger partial charge is 0.254 e. The van der Waals surface area contributed by atoms with E-state index < -0.39 is 0 Å². The number of hydrogen-bond donors (Lipinski definition) is 0. The van der Waals surface area contributed by atoms with Crippen LogP contribution in [0.1, 0.15) is 31.4 Å². The Labute approximate surface area is 119 Å². The summed E-state index contributed by atoms with van der Waals surface area (Å²) in [6.45, 7) is 8.38. The van der Waals surface area contributed by atoms with Crippen molar-refractivity contribution in [3.8, 4) is 6.07 Å². The van der Waals surface area contributed by atoms with E-state index in [1.807, 2.05) is 32.1 Å². The Kier molecular flexibility index (Phi) is 4.05. The van der Waals surface area contributed by atoms with Crippen molar-refractivity contribution < 1.29 is 4.79 Å². The fourth-order valence-corrected chi connectivity index (χ4v) is 2.47. The third-order valence-corrected chi connectivity index (χ3v) is 3.43. The highest BCUT2D eigenvalue weighted by Gasteiger charge is 2.26. The third-order valence-electron chi connectivity index (χ3n) is 3.43. The molecule has 0 saturated carbocycles. The molecule has 1 aliphatic rings. The van der Waals surface area contributed by atoms with E-state index in [1.165, 1.54) is 0 Å². The number of nitrogens with zero attached hydrogens (tertiary/aromatic N) is 2. The quantitative estimate of drug-likeness (QED) is 0.622. The molecule has 2 rings (SSSR count). The van der Waals surface area contributed by atoms with Crippen LogP contribution >= 0.6 is 0 Å². The Morgan fingerprint density at radius 3 is 2.90 bits per heavy atom. The molecule has 0 fully saturated rings. The summed E-state index contributed by atoms with van der Waals surface area (Å²) in [5.41, 5.74) is 4.30. The Hall–Kier alpha value is -2.34. The summed E-state index contributed by atoms with van der Waals surface area (Å²) in [5.74, 6) is 0.0407. The van der Waals surface area contributed by atoms with Crippen molar-refractivity contribution in [1.29, 1.82) is 5.26 Å². The van der Waals surface area contributed by atoms with Gasteiger partial charge in [0.05, 0.1) is 11.6 Å². The molecule has 0 bridgehead atoms. The summed E-state index contributed by atoms with van der Waals surface area (Å²) in [6.07, 6.45) is 3.35. The van der Waals surface area contributed by atoms with E-state index in [9.17, 15) is 4.79 Å². The number of nitriles is 1. The lowest BCUT2D eigenvalue weighted by Gasteiger charge is -2.19. The van der Waals surface area contributed by atoms with Gasteiger partial charge in [0.1, 0.15) is 0 Å². The van der Waals surface area contributed by atoms with Crippen molar-refractivity contribution >= 4 is 11.6 Å². The van der Waals surface area contributed by atoms with Gasteiger partial charge in [-0.25, -0.2) is 0 Å². The number of fused-ring (bicyclic) bond motifs is 1. The van der Waals surface area contributed by atoms with Crippen molar-refractivity contribution in [1.82, 2.24) is 0 Å². The van der Waals surface area contributed by atoms with Gasteiger partial charge in [0, 0.05) is 17.8 Å². The minimum Gasteiger partial charge on any atom is -0.308 e. The Morgan fingerprint density at radius 1 is 1.55 bits per heavy atom. The van der Waals surface area contributed by atoms with Crippen LogP contribution in [0.3, 0.4) is 0 Å². The number of rotatable bonds is 3. The standard InChI is InChI=1S/C17H18N2O/c1-4-14(9-12(2)3)17(20)19-8-7-15-10-13(11-18)5-6-16(15)19/h5-6,9-10H,2,4,7-8H2,1,3H3/b14-9+. The third kappa shape index (κ3) is 2.65. The van der Waals surface area contributed by atoms with E-state index in [-0.39, 0.29) is 5.91 Å². The molecule has 0 N–H and O–H groups in total. The van der Waals surface area contributed by atoms with E-state index in [4.69, 9.17) is 5.26 Å². The minimum atomic E-state index is 0.0407. The first-order chi connectivity index (χ1) is 9.56. The van der Waals surface area contributed by atoms with Crippen LogP contribution in [0, 0.1) is 11.3 Å². The maximum absolute atomic E-state index is 12.6. The summed E-state index contributed by atoms with van der Waals surface area (Å²) in [6, 6.07) is 7.64. The second-order valence-corrected chi connectivity index (χ2v) is 5.03. The van der Waals surface area contributed by atoms with Crippen molar-refractivity contribution in [3.05, 3.63) is 53.1 Å². The molecular formula is C17H18N2O. The topological polar surface area (TPSA) is 44.1 Å². The largest absolute Gasteiger partial charge is 0.308 e.